The van der Waals surface area contributed by atoms with Crippen LogP contribution in [-0.2, 0) is 16.1 Å². The Balaban J connectivity index is 2.02. The molecule has 7 N–H and O–H groups in total. The van der Waals surface area contributed by atoms with E-state index in [1.807, 2.05) is 6.07 Å². The highest BCUT2D eigenvalue weighted by Gasteiger charge is 2.19. The van der Waals surface area contributed by atoms with Crippen LogP contribution < -0.4 is 27.4 Å². The summed E-state index contributed by atoms with van der Waals surface area (Å²) in [5.41, 5.74) is 11.1. The summed E-state index contributed by atoms with van der Waals surface area (Å²) in [5.74, 6) is -1.47. The van der Waals surface area contributed by atoms with Crippen LogP contribution in [0.3, 0.4) is 0 Å². The quantitative estimate of drug-likeness (QED) is 0.205. The molecule has 0 radical (unpaired) electrons. The van der Waals surface area contributed by atoms with Gasteiger partial charge in [0.05, 0.1) is 0 Å². The Morgan fingerprint density at radius 3 is 2.36 bits per heavy atom. The molecule has 0 aliphatic heterocycles. The fourth-order valence-corrected chi connectivity index (χ4v) is 2.66. The molecule has 0 fully saturated rings. The predicted molar refractivity (Wildman–Crippen MR) is 134 cm³/mol. The molecule has 36 heavy (non-hydrogen) atoms. The van der Waals surface area contributed by atoms with Crippen molar-refractivity contribution < 1.29 is 23.9 Å². The fourth-order valence-electron chi connectivity index (χ4n) is 2.53. The van der Waals surface area contributed by atoms with Gasteiger partial charge >= 0.3 is 12.2 Å². The summed E-state index contributed by atoms with van der Waals surface area (Å²) >= 11 is 5.84. The van der Waals surface area contributed by atoms with Gasteiger partial charge < -0.3 is 31.6 Å². The molecule has 0 bridgehead atoms. The number of nitrogens with one attached hydrogen (secondary N) is 3. The fraction of sp³-hybridized carbons (Fsp3) is 0.364. The molecular weight excluding hydrogens is 492 g/mol. The molecular formula is C22H29ClN8O5. The number of nitrogens with two attached hydrogens (primary N) is 2. The average molecular weight is 521 g/mol. The monoisotopic (exact) mass is 520 g/mol. The molecule has 2 aromatic rings. The van der Waals surface area contributed by atoms with E-state index in [0.717, 1.165) is 5.56 Å². The first-order valence-electron chi connectivity index (χ1n) is 10.8. The minimum atomic E-state index is -0.956. The number of halogens is 1. The van der Waals surface area contributed by atoms with Gasteiger partial charge in [0, 0.05) is 13.1 Å². The number of alkyl carbamates (subject to hydrolysis) is 1. The lowest BCUT2D eigenvalue weighted by molar-refractivity contribution is 0.0527. The third-order valence-electron chi connectivity index (χ3n) is 4.07. The summed E-state index contributed by atoms with van der Waals surface area (Å²) in [6.07, 6.45) is -1.12. The Kier molecular flexibility index (Phi) is 10.2. The van der Waals surface area contributed by atoms with E-state index in [1.165, 1.54) is 0 Å². The molecule has 0 aliphatic rings. The Morgan fingerprint density at radius 2 is 1.69 bits per heavy atom. The second-order valence-corrected chi connectivity index (χ2v) is 8.66. The van der Waals surface area contributed by atoms with Gasteiger partial charge in [-0.25, -0.2) is 19.6 Å². The van der Waals surface area contributed by atoms with Gasteiger partial charge in [0.1, 0.15) is 12.2 Å². The van der Waals surface area contributed by atoms with E-state index in [1.54, 1.807) is 45.0 Å². The number of ether oxygens (including phenoxy) is 2. The number of guanidine groups is 1. The topological polar surface area (TPSA) is 196 Å². The van der Waals surface area contributed by atoms with Crippen molar-refractivity contribution in [2.24, 2.45) is 4.99 Å². The average Bonchev–Trinajstić information content (AvgIpc) is 2.79. The van der Waals surface area contributed by atoms with Gasteiger partial charge in [-0.15, -0.1) is 4.99 Å². The van der Waals surface area contributed by atoms with Gasteiger partial charge in [0.25, 0.3) is 5.91 Å². The van der Waals surface area contributed by atoms with Gasteiger partial charge in [-0.3, -0.25) is 10.1 Å². The number of rotatable bonds is 7. The first-order chi connectivity index (χ1) is 16.9. The van der Waals surface area contributed by atoms with Crippen molar-refractivity contribution in [3.05, 3.63) is 46.7 Å². The number of hydrogen-bond donors (Lipinski definition) is 5. The van der Waals surface area contributed by atoms with E-state index in [0.29, 0.717) is 6.42 Å². The van der Waals surface area contributed by atoms with Crippen LogP contribution in [-0.4, -0.2) is 52.7 Å². The Hall–Kier alpha value is -4.13. The van der Waals surface area contributed by atoms with E-state index in [4.69, 9.17) is 32.5 Å². The molecule has 1 heterocycles. The zero-order valence-electron chi connectivity index (χ0n) is 20.1. The molecule has 3 amide bonds. The Labute approximate surface area is 213 Å². The zero-order valence-corrected chi connectivity index (χ0v) is 20.9. The van der Waals surface area contributed by atoms with Crippen LogP contribution in [0.2, 0.25) is 5.15 Å². The number of hydrogen-bond acceptors (Lipinski definition) is 9. The lowest BCUT2D eigenvalue weighted by Gasteiger charge is -2.19. The zero-order chi connectivity index (χ0) is 26.7. The largest absolute Gasteiger partial charge is 0.444 e. The third-order valence-corrected chi connectivity index (χ3v) is 4.35. The van der Waals surface area contributed by atoms with Crippen molar-refractivity contribution >= 4 is 47.3 Å². The SMILES string of the molecule is CC(C)(C)OC(=O)NCCCN/C(=N\C(=O)OCc1ccccc1)NC(=O)c1nc(Cl)c(N)nc1N. The van der Waals surface area contributed by atoms with Crippen LogP contribution in [0.1, 0.15) is 43.2 Å². The van der Waals surface area contributed by atoms with E-state index >= 15 is 0 Å². The van der Waals surface area contributed by atoms with E-state index in [9.17, 15) is 14.4 Å². The molecule has 14 heteroatoms. The second kappa shape index (κ2) is 13.1. The predicted octanol–water partition coefficient (Wildman–Crippen LogP) is 2.22. The van der Waals surface area contributed by atoms with Crippen LogP contribution >= 0.6 is 11.6 Å². The van der Waals surface area contributed by atoms with Crippen LogP contribution in [0.25, 0.3) is 0 Å². The minimum Gasteiger partial charge on any atom is -0.444 e. The first-order valence-corrected chi connectivity index (χ1v) is 11.2. The molecule has 0 spiro atoms. The first kappa shape index (κ1) is 28.1. The van der Waals surface area contributed by atoms with Gasteiger partial charge in [-0.1, -0.05) is 41.9 Å². The summed E-state index contributed by atoms with van der Waals surface area (Å²) in [5, 5.41) is 7.57. The molecule has 194 valence electrons. The minimum absolute atomic E-state index is 0.0177. The number of amides is 3. The summed E-state index contributed by atoms with van der Waals surface area (Å²) in [7, 11) is 0. The molecule has 0 atom stereocenters. The highest BCUT2D eigenvalue weighted by atomic mass is 35.5. The number of aromatic nitrogens is 2. The van der Waals surface area contributed by atoms with E-state index in [-0.39, 0.29) is 48.1 Å². The smallest absolute Gasteiger partial charge is 0.437 e. The van der Waals surface area contributed by atoms with Crippen molar-refractivity contribution in [3.63, 3.8) is 0 Å². The van der Waals surface area contributed by atoms with Crippen LogP contribution in [0.5, 0.6) is 0 Å². The van der Waals surface area contributed by atoms with E-state index in [2.05, 4.69) is 30.9 Å². The van der Waals surface area contributed by atoms with E-state index < -0.39 is 23.7 Å². The highest BCUT2D eigenvalue weighted by molar-refractivity contribution is 6.31. The number of nitrogens with zero attached hydrogens (tertiary/aromatic N) is 3. The molecule has 2 rings (SSSR count). The highest BCUT2D eigenvalue weighted by Crippen LogP contribution is 2.17. The van der Waals surface area contributed by atoms with Crippen LogP contribution in [0.4, 0.5) is 21.2 Å². The third kappa shape index (κ3) is 10.0. The van der Waals surface area contributed by atoms with Gasteiger partial charge in [-0.2, -0.15) is 0 Å². The van der Waals surface area contributed by atoms with Crippen molar-refractivity contribution in [3.8, 4) is 0 Å². The standard InChI is InChI=1S/C22H29ClN8O5/c1-22(2,3)36-20(33)27-11-7-10-26-19(31-21(34)35-12-13-8-5-4-6-9-13)30-18(32)14-16(24)29-17(25)15(23)28-14/h4-6,8-9H,7,10-12H2,1-3H3,(H,27,33)(H4,24,25,29)(H2,26,30,31,32,34). The summed E-state index contributed by atoms with van der Waals surface area (Å²) in [6, 6.07) is 8.99. The molecule has 1 aromatic heterocycles. The second-order valence-electron chi connectivity index (χ2n) is 8.30. The molecule has 0 saturated carbocycles. The van der Waals surface area contributed by atoms with Gasteiger partial charge in [0.15, 0.2) is 22.5 Å². The number of anilines is 2. The van der Waals surface area contributed by atoms with Gasteiger partial charge in [0.2, 0.25) is 5.96 Å². The summed E-state index contributed by atoms with van der Waals surface area (Å²) in [6.45, 7) is 5.71. The molecule has 13 nitrogen and oxygen atoms in total. The van der Waals surface area contributed by atoms with Crippen molar-refractivity contribution in [2.45, 2.75) is 39.4 Å². The van der Waals surface area contributed by atoms with Crippen LogP contribution in [0, 0.1) is 0 Å². The number of aliphatic imine (C=N–C) groups is 1. The maximum atomic E-state index is 12.7. The summed E-state index contributed by atoms with van der Waals surface area (Å²) in [4.78, 5) is 48.0. The van der Waals surface area contributed by atoms with Crippen molar-refractivity contribution in [2.75, 3.05) is 24.6 Å². The molecule has 1 aromatic carbocycles. The number of nitrogen functional groups attached to an aromatic ring is 2. The van der Waals surface area contributed by atoms with Crippen LogP contribution in [0.15, 0.2) is 35.3 Å². The Morgan fingerprint density at radius 1 is 1.03 bits per heavy atom. The normalized spacial score (nSPS) is 11.4. The molecule has 0 saturated heterocycles. The van der Waals surface area contributed by atoms with Gasteiger partial charge in [-0.05, 0) is 32.8 Å². The van der Waals surface area contributed by atoms with Crippen molar-refractivity contribution in [1.82, 2.24) is 25.9 Å². The summed E-state index contributed by atoms with van der Waals surface area (Å²) < 4.78 is 10.3. The number of benzene rings is 1. The Bertz CT molecular complexity index is 1110. The number of carbonyl (C=O) groups excluding carboxylic acids is 3. The molecule has 0 aliphatic carbocycles. The maximum absolute atomic E-state index is 12.7. The maximum Gasteiger partial charge on any atom is 0.437 e. The lowest BCUT2D eigenvalue weighted by Crippen LogP contribution is -2.43. The van der Waals surface area contributed by atoms with Crippen molar-refractivity contribution in [1.29, 1.82) is 0 Å². The molecule has 0 unspecified atom stereocenters. The lowest BCUT2D eigenvalue weighted by atomic mass is 10.2. The number of carbonyl (C=O) groups is 3.